The van der Waals surface area contributed by atoms with E-state index in [2.05, 4.69) is 20.5 Å². The van der Waals surface area contributed by atoms with Gasteiger partial charge in [-0.05, 0) is 78.7 Å². The van der Waals surface area contributed by atoms with Crippen molar-refractivity contribution in [2.75, 3.05) is 22.6 Å². The van der Waals surface area contributed by atoms with Gasteiger partial charge < -0.3 is 29.7 Å². The lowest BCUT2D eigenvalue weighted by atomic mass is 9.96. The first-order valence-corrected chi connectivity index (χ1v) is 13.8. The highest BCUT2D eigenvalue weighted by Crippen LogP contribution is 2.47. The van der Waals surface area contributed by atoms with E-state index < -0.39 is 0 Å². The fourth-order valence-corrected chi connectivity index (χ4v) is 6.13. The molecule has 0 saturated heterocycles. The molecule has 7 rings (SSSR count). The second-order valence-electron chi connectivity index (χ2n) is 10.6. The van der Waals surface area contributed by atoms with E-state index in [-0.39, 0.29) is 34.9 Å². The van der Waals surface area contributed by atoms with E-state index >= 15 is 0 Å². The molecule has 1 aliphatic heterocycles. The van der Waals surface area contributed by atoms with Crippen molar-refractivity contribution in [3.8, 4) is 5.75 Å². The van der Waals surface area contributed by atoms with E-state index in [1.54, 1.807) is 59.5 Å². The summed E-state index contributed by atoms with van der Waals surface area (Å²) in [7, 11) is 0. The number of aromatic nitrogens is 2. The van der Waals surface area contributed by atoms with Gasteiger partial charge >= 0.3 is 0 Å². The van der Waals surface area contributed by atoms with Gasteiger partial charge in [-0.1, -0.05) is 0 Å². The molecule has 10 nitrogen and oxygen atoms in total. The van der Waals surface area contributed by atoms with Gasteiger partial charge in [-0.3, -0.25) is 9.59 Å². The number of fused-ring (bicyclic) bond motifs is 5. The number of H-pyrrole nitrogens is 2. The van der Waals surface area contributed by atoms with Crippen molar-refractivity contribution in [3.05, 3.63) is 87.8 Å². The molecule has 0 unspecified atom stereocenters. The summed E-state index contributed by atoms with van der Waals surface area (Å²) in [5.41, 5.74) is 6.45. The van der Waals surface area contributed by atoms with Crippen LogP contribution in [-0.2, 0) is 0 Å². The highest BCUT2D eigenvalue weighted by Gasteiger charge is 2.37. The van der Waals surface area contributed by atoms with Gasteiger partial charge in [-0.15, -0.1) is 16.5 Å². The summed E-state index contributed by atoms with van der Waals surface area (Å²) in [5, 5.41) is 18.8. The Morgan fingerprint density at radius 3 is 2.71 bits per heavy atom. The molecule has 0 spiro atoms. The van der Waals surface area contributed by atoms with Crippen LogP contribution in [0.15, 0.2) is 64.2 Å². The number of hydrogen-bond donors (Lipinski definition) is 4. The summed E-state index contributed by atoms with van der Waals surface area (Å²) in [5.74, 6) is -0.320. The zero-order chi connectivity index (χ0) is 29.3. The molecule has 4 heterocycles. The predicted molar refractivity (Wildman–Crippen MR) is 162 cm³/mol. The molecule has 11 heteroatoms. The lowest BCUT2D eigenvalue weighted by molar-refractivity contribution is 0.0963. The Bertz CT molecular complexity index is 2110. The zero-order valence-electron chi connectivity index (χ0n) is 22.5. The molecule has 210 valence electrons. The number of nitrogens with zero attached hydrogens (tertiary/aromatic N) is 2. The number of aromatic amines is 2. The Morgan fingerprint density at radius 2 is 1.93 bits per heavy atom. The van der Waals surface area contributed by atoms with Crippen LogP contribution < -0.4 is 10.2 Å². The minimum absolute atomic E-state index is 0.0637. The van der Waals surface area contributed by atoms with Gasteiger partial charge in [0.25, 0.3) is 11.8 Å². The first-order valence-electron chi connectivity index (χ1n) is 13.3. The van der Waals surface area contributed by atoms with Crippen molar-refractivity contribution in [2.24, 2.45) is 5.18 Å². The lowest BCUT2D eigenvalue weighted by Crippen LogP contribution is -2.29. The van der Waals surface area contributed by atoms with Gasteiger partial charge in [0.2, 0.25) is 0 Å². The molecule has 3 aromatic carbocycles. The molecule has 1 atom stereocenters. The number of nitrogens with one attached hydrogen (secondary N) is 3. The van der Waals surface area contributed by atoms with Crippen molar-refractivity contribution < 1.29 is 19.1 Å². The Morgan fingerprint density at radius 1 is 1.10 bits per heavy atom. The molecule has 0 fully saturated rings. The maximum atomic E-state index is 13.8. The highest BCUT2D eigenvalue weighted by molar-refractivity contribution is 6.19. The fraction of sp³-hybridized carbons (Fsp3) is 0.161. The predicted octanol–water partition coefficient (Wildman–Crippen LogP) is 7.35. The molecule has 1 aliphatic rings. The van der Waals surface area contributed by atoms with Gasteiger partial charge in [-0.2, -0.15) is 0 Å². The third kappa shape index (κ3) is 3.94. The van der Waals surface area contributed by atoms with Crippen LogP contribution in [0.4, 0.5) is 17.1 Å². The summed E-state index contributed by atoms with van der Waals surface area (Å²) in [6, 6.07) is 14.9. The van der Waals surface area contributed by atoms with E-state index in [1.165, 1.54) is 0 Å². The number of rotatable bonds is 5. The minimum atomic E-state index is -0.367. The number of halogens is 1. The number of amides is 2. The SMILES string of the molecule is Cc1[nH]c2c(O)cc3c(c2c1C)[C@H](CCl)CN3C(=O)c1cc2cc(NC(=O)c3cc4cc(N=O)ccc4[nH]3)ccc2o1. The average Bonchev–Trinajstić information content (AvgIpc) is 3.75. The molecular formula is C31H24ClN5O5. The van der Waals surface area contributed by atoms with E-state index in [4.69, 9.17) is 16.0 Å². The summed E-state index contributed by atoms with van der Waals surface area (Å²) in [4.78, 5) is 45.4. The standard InChI is InChI=1S/C31H24ClN5O5/c1-14-15(2)33-29-24(38)11-23-28(27(14)29)18(12-32)13-37(23)31(40)26-10-17-8-19(4-6-25(17)42-26)34-30(39)22-9-16-7-20(36-41)3-5-21(16)35-22/h3-11,18,33,35,38H,12-13H2,1-2H3,(H,34,39)/t18-/m1/s1. The second-order valence-corrected chi connectivity index (χ2v) is 10.9. The topological polar surface area (TPSA) is 144 Å². The van der Waals surface area contributed by atoms with Gasteiger partial charge in [0.1, 0.15) is 22.7 Å². The Kier molecular flexibility index (Phi) is 5.84. The number of anilines is 2. The third-order valence-electron chi connectivity index (χ3n) is 8.05. The van der Waals surface area contributed by atoms with E-state index in [9.17, 15) is 19.6 Å². The number of furan rings is 1. The number of carbonyl (C=O) groups is 2. The Hall–Kier alpha value is -5.09. The molecule has 4 N–H and O–H groups in total. The Balaban J connectivity index is 1.18. The van der Waals surface area contributed by atoms with Crippen LogP contribution in [0.5, 0.6) is 5.75 Å². The number of nitroso groups, excluding NO2 is 1. The van der Waals surface area contributed by atoms with Gasteiger partial charge in [0, 0.05) is 57.5 Å². The number of aryl methyl sites for hydroxylation is 2. The maximum absolute atomic E-state index is 13.8. The van der Waals surface area contributed by atoms with Crippen molar-refractivity contribution in [1.29, 1.82) is 0 Å². The molecule has 6 aromatic rings. The molecule has 42 heavy (non-hydrogen) atoms. The number of aromatic hydroxyl groups is 1. The first kappa shape index (κ1) is 25.8. The number of phenolic OH excluding ortho intramolecular Hbond substituents is 1. The number of alkyl halides is 1. The third-order valence-corrected chi connectivity index (χ3v) is 8.42. The van der Waals surface area contributed by atoms with E-state index in [1.807, 2.05) is 13.8 Å². The quantitative estimate of drug-likeness (QED) is 0.124. The van der Waals surface area contributed by atoms with Crippen molar-refractivity contribution in [2.45, 2.75) is 19.8 Å². The number of benzene rings is 3. The summed E-state index contributed by atoms with van der Waals surface area (Å²) >= 11 is 6.37. The normalized spacial score (nSPS) is 14.6. The smallest absolute Gasteiger partial charge is 0.294 e. The van der Waals surface area contributed by atoms with Crippen LogP contribution >= 0.6 is 11.6 Å². The zero-order valence-corrected chi connectivity index (χ0v) is 23.3. The number of hydrogen-bond acceptors (Lipinski definition) is 6. The second kappa shape index (κ2) is 9.49. The summed E-state index contributed by atoms with van der Waals surface area (Å²) in [6.45, 7) is 4.29. The molecule has 2 amide bonds. The molecular weight excluding hydrogens is 558 g/mol. The van der Waals surface area contributed by atoms with E-state index in [0.717, 1.165) is 22.2 Å². The highest BCUT2D eigenvalue weighted by atomic mass is 35.5. The first-order chi connectivity index (χ1) is 20.2. The fourth-order valence-electron chi connectivity index (χ4n) is 5.88. The molecule has 3 aromatic heterocycles. The molecule has 0 aliphatic carbocycles. The molecule has 0 radical (unpaired) electrons. The van der Waals surface area contributed by atoms with Gasteiger partial charge in [-0.25, -0.2) is 0 Å². The summed E-state index contributed by atoms with van der Waals surface area (Å²) < 4.78 is 5.93. The van der Waals surface area contributed by atoms with Crippen LogP contribution in [0.2, 0.25) is 0 Å². The van der Waals surface area contributed by atoms with Crippen molar-refractivity contribution >= 4 is 73.3 Å². The number of phenols is 1. The monoisotopic (exact) mass is 581 g/mol. The Labute approximate surface area is 243 Å². The van der Waals surface area contributed by atoms with E-state index in [0.29, 0.717) is 56.9 Å². The molecule has 0 saturated carbocycles. The van der Waals surface area contributed by atoms with Crippen LogP contribution in [0.3, 0.4) is 0 Å². The number of carbonyl (C=O) groups excluding carboxylic acids is 2. The van der Waals surface area contributed by atoms with Crippen molar-refractivity contribution in [3.63, 3.8) is 0 Å². The van der Waals surface area contributed by atoms with Crippen LogP contribution in [0.1, 0.15) is 43.8 Å². The van der Waals surface area contributed by atoms with Crippen LogP contribution in [-0.4, -0.2) is 39.3 Å². The molecule has 0 bridgehead atoms. The minimum Gasteiger partial charge on any atom is -0.506 e. The van der Waals surface area contributed by atoms with Gasteiger partial charge in [0.05, 0.1) is 11.2 Å². The average molecular weight is 582 g/mol. The van der Waals surface area contributed by atoms with Crippen molar-refractivity contribution in [1.82, 2.24) is 9.97 Å². The summed E-state index contributed by atoms with van der Waals surface area (Å²) in [6.07, 6.45) is 0. The van der Waals surface area contributed by atoms with Gasteiger partial charge in [0.15, 0.2) is 5.76 Å². The maximum Gasteiger partial charge on any atom is 0.294 e. The van der Waals surface area contributed by atoms with Crippen LogP contribution in [0, 0.1) is 18.8 Å². The van der Waals surface area contributed by atoms with Crippen LogP contribution in [0.25, 0.3) is 32.8 Å². The largest absolute Gasteiger partial charge is 0.506 e. The lowest BCUT2D eigenvalue weighted by Gasteiger charge is -2.16.